The van der Waals surface area contributed by atoms with Crippen LogP contribution >= 0.6 is 0 Å². The van der Waals surface area contributed by atoms with Crippen LogP contribution in [0.15, 0.2) is 72.8 Å². The van der Waals surface area contributed by atoms with E-state index in [1.54, 1.807) is 36.3 Å². The van der Waals surface area contributed by atoms with E-state index in [4.69, 9.17) is 9.47 Å². The first kappa shape index (κ1) is 30.1. The van der Waals surface area contributed by atoms with Gasteiger partial charge in [-0.25, -0.2) is 0 Å². The number of aliphatic hydroxyl groups is 1. The maximum Gasteiger partial charge on any atom is 0.253 e. The van der Waals surface area contributed by atoms with Crippen LogP contribution in [0.25, 0.3) is 0 Å². The van der Waals surface area contributed by atoms with E-state index in [-0.39, 0.29) is 18.4 Å². The molecular formula is C33H41N3O5. The minimum absolute atomic E-state index is 0.144. The summed E-state index contributed by atoms with van der Waals surface area (Å²) in [5.74, 6) is 0.945. The summed E-state index contributed by atoms with van der Waals surface area (Å²) in [7, 11) is 1.63. The molecule has 0 saturated carbocycles. The lowest BCUT2D eigenvalue weighted by atomic mass is 9.93. The Kier molecular flexibility index (Phi) is 10.0. The van der Waals surface area contributed by atoms with E-state index in [2.05, 4.69) is 10.6 Å². The number of carbonyl (C=O) groups is 2. The SMILES string of the molecule is CCCN1CCOc2cccc(c2)C[C@@H]([C@H](O)CNC(C)(C)c2cccc(OC)c2)NC(=O)c2cccc(c2)C1=O. The summed E-state index contributed by atoms with van der Waals surface area (Å²) in [5.41, 5.74) is 2.28. The molecule has 1 heterocycles. The van der Waals surface area contributed by atoms with E-state index >= 15 is 0 Å². The fraction of sp³-hybridized carbons (Fsp3) is 0.394. The Balaban J connectivity index is 1.60. The first-order chi connectivity index (χ1) is 19.7. The second kappa shape index (κ2) is 13.7. The molecule has 2 atom stereocenters. The highest BCUT2D eigenvalue weighted by Crippen LogP contribution is 2.24. The molecule has 4 bridgehead atoms. The van der Waals surface area contributed by atoms with Crippen LogP contribution in [0.3, 0.4) is 0 Å². The molecule has 3 N–H and O–H groups in total. The van der Waals surface area contributed by atoms with E-state index in [1.807, 2.05) is 69.3 Å². The van der Waals surface area contributed by atoms with Crippen molar-refractivity contribution >= 4 is 11.8 Å². The van der Waals surface area contributed by atoms with Gasteiger partial charge >= 0.3 is 0 Å². The van der Waals surface area contributed by atoms with Crippen LogP contribution in [-0.4, -0.2) is 67.3 Å². The molecule has 4 rings (SSSR count). The number of amides is 2. The van der Waals surface area contributed by atoms with Crippen LogP contribution in [0.4, 0.5) is 0 Å². The van der Waals surface area contributed by atoms with Crippen LogP contribution in [0.5, 0.6) is 11.5 Å². The smallest absolute Gasteiger partial charge is 0.253 e. The second-order valence-corrected chi connectivity index (χ2v) is 11.0. The zero-order valence-electron chi connectivity index (χ0n) is 24.4. The van der Waals surface area contributed by atoms with Crippen molar-refractivity contribution in [3.05, 3.63) is 95.1 Å². The van der Waals surface area contributed by atoms with Gasteiger partial charge in [-0.3, -0.25) is 9.59 Å². The van der Waals surface area contributed by atoms with Crippen LogP contribution < -0.4 is 20.1 Å². The maximum absolute atomic E-state index is 13.5. The number of aliphatic hydroxyl groups excluding tert-OH is 1. The van der Waals surface area contributed by atoms with Crippen molar-refractivity contribution in [2.24, 2.45) is 0 Å². The molecule has 0 unspecified atom stereocenters. The Morgan fingerprint density at radius 3 is 2.61 bits per heavy atom. The van der Waals surface area contributed by atoms with Gasteiger partial charge in [0, 0.05) is 29.8 Å². The summed E-state index contributed by atoms with van der Waals surface area (Å²) in [5, 5.41) is 17.9. The predicted octanol–water partition coefficient (Wildman–Crippen LogP) is 4.17. The van der Waals surface area contributed by atoms with Crippen LogP contribution in [0.2, 0.25) is 0 Å². The molecule has 8 heteroatoms. The molecule has 41 heavy (non-hydrogen) atoms. The fourth-order valence-corrected chi connectivity index (χ4v) is 5.00. The molecule has 0 radical (unpaired) electrons. The molecule has 2 amide bonds. The Morgan fingerprint density at radius 1 is 1.07 bits per heavy atom. The second-order valence-electron chi connectivity index (χ2n) is 11.0. The summed E-state index contributed by atoms with van der Waals surface area (Å²) in [4.78, 5) is 28.5. The first-order valence-electron chi connectivity index (χ1n) is 14.2. The fourth-order valence-electron chi connectivity index (χ4n) is 5.00. The van der Waals surface area contributed by atoms with Gasteiger partial charge in [0.05, 0.1) is 25.8 Å². The van der Waals surface area contributed by atoms with E-state index in [9.17, 15) is 14.7 Å². The number of hydrogen-bond donors (Lipinski definition) is 3. The lowest BCUT2D eigenvalue weighted by molar-refractivity contribution is 0.0730. The Hall–Kier alpha value is -3.88. The summed E-state index contributed by atoms with van der Waals surface area (Å²) in [6.45, 7) is 7.70. The Morgan fingerprint density at radius 2 is 1.83 bits per heavy atom. The minimum atomic E-state index is -0.908. The van der Waals surface area contributed by atoms with E-state index in [0.717, 1.165) is 23.3 Å². The van der Waals surface area contributed by atoms with Gasteiger partial charge in [-0.15, -0.1) is 0 Å². The van der Waals surface area contributed by atoms with Gasteiger partial charge in [0.25, 0.3) is 11.8 Å². The molecule has 0 aromatic heterocycles. The number of fused-ring (bicyclic) bond motifs is 4. The third-order valence-corrected chi connectivity index (χ3v) is 7.46. The zero-order valence-corrected chi connectivity index (χ0v) is 24.4. The van der Waals surface area contributed by atoms with Crippen molar-refractivity contribution < 1.29 is 24.2 Å². The summed E-state index contributed by atoms with van der Waals surface area (Å²) in [6, 6.07) is 21.6. The standard InChI is InChI=1S/C33H41N3O5/c1-5-15-36-16-17-41-28-14-6-9-23(18-28)19-29(35-31(38)24-10-7-11-25(20-24)32(36)39)30(37)22-34-33(2,3)26-12-8-13-27(21-26)40-4/h6-14,18,20-21,29-30,34,37H,5,15-17,19,22H2,1-4H3,(H,35,38)/t29-,30+/m0/s1. The number of rotatable bonds is 8. The molecule has 0 aliphatic carbocycles. The molecule has 3 aromatic carbocycles. The van der Waals surface area contributed by atoms with Crippen LogP contribution in [-0.2, 0) is 12.0 Å². The van der Waals surface area contributed by atoms with Crippen molar-refractivity contribution in [3.8, 4) is 11.5 Å². The molecule has 218 valence electrons. The number of hydrogen-bond acceptors (Lipinski definition) is 6. The van der Waals surface area contributed by atoms with Crippen LogP contribution in [0.1, 0.15) is 59.0 Å². The molecule has 0 fully saturated rings. The molecule has 3 aromatic rings. The molecule has 1 aliphatic rings. The van der Waals surface area contributed by atoms with Crippen molar-refractivity contribution in [1.82, 2.24) is 15.5 Å². The number of nitrogens with one attached hydrogen (secondary N) is 2. The van der Waals surface area contributed by atoms with Gasteiger partial charge in [-0.05, 0) is 80.3 Å². The molecule has 0 saturated heterocycles. The largest absolute Gasteiger partial charge is 0.497 e. The number of carbonyl (C=O) groups excluding carboxylic acids is 2. The minimum Gasteiger partial charge on any atom is -0.497 e. The molecular weight excluding hydrogens is 518 g/mol. The van der Waals surface area contributed by atoms with Crippen LogP contribution in [0, 0.1) is 0 Å². The topological polar surface area (TPSA) is 100 Å². The Labute approximate surface area is 242 Å². The highest BCUT2D eigenvalue weighted by atomic mass is 16.5. The number of benzene rings is 3. The van der Waals surface area contributed by atoms with E-state index in [0.29, 0.717) is 43.0 Å². The van der Waals surface area contributed by atoms with Gasteiger partial charge in [-0.2, -0.15) is 0 Å². The number of methoxy groups -OCH3 is 1. The molecule has 8 nitrogen and oxygen atoms in total. The maximum atomic E-state index is 13.5. The monoisotopic (exact) mass is 559 g/mol. The van der Waals surface area contributed by atoms with Gasteiger partial charge in [-0.1, -0.05) is 37.3 Å². The van der Waals surface area contributed by atoms with Gasteiger partial charge in [0.15, 0.2) is 0 Å². The van der Waals surface area contributed by atoms with Gasteiger partial charge in [0.1, 0.15) is 18.1 Å². The normalized spacial score (nSPS) is 17.1. The molecule has 1 aliphatic heterocycles. The first-order valence-corrected chi connectivity index (χ1v) is 14.2. The average molecular weight is 560 g/mol. The lowest BCUT2D eigenvalue weighted by Gasteiger charge is -2.31. The lowest BCUT2D eigenvalue weighted by Crippen LogP contribution is -2.51. The molecule has 0 spiro atoms. The third kappa shape index (κ3) is 7.86. The number of nitrogens with zero attached hydrogens (tertiary/aromatic N) is 1. The third-order valence-electron chi connectivity index (χ3n) is 7.46. The van der Waals surface area contributed by atoms with E-state index in [1.165, 1.54) is 0 Å². The van der Waals surface area contributed by atoms with Crippen molar-refractivity contribution in [3.63, 3.8) is 0 Å². The average Bonchev–Trinajstić information content (AvgIpc) is 2.98. The highest BCUT2D eigenvalue weighted by molar-refractivity contribution is 5.99. The Bertz CT molecular complexity index is 1340. The summed E-state index contributed by atoms with van der Waals surface area (Å²) >= 11 is 0. The van der Waals surface area contributed by atoms with Crippen molar-refractivity contribution in [1.29, 1.82) is 0 Å². The quantitative estimate of drug-likeness (QED) is 0.383. The number of ether oxygens (including phenoxy) is 2. The highest BCUT2D eigenvalue weighted by Gasteiger charge is 2.27. The van der Waals surface area contributed by atoms with E-state index < -0.39 is 17.7 Å². The summed E-state index contributed by atoms with van der Waals surface area (Å²) < 4.78 is 11.4. The summed E-state index contributed by atoms with van der Waals surface area (Å²) in [6.07, 6.45) is 0.296. The van der Waals surface area contributed by atoms with Gasteiger partial charge < -0.3 is 30.1 Å². The van der Waals surface area contributed by atoms with Crippen molar-refractivity contribution in [2.75, 3.05) is 33.4 Å². The van der Waals surface area contributed by atoms with Crippen molar-refractivity contribution in [2.45, 2.75) is 51.3 Å². The van der Waals surface area contributed by atoms with Gasteiger partial charge in [0.2, 0.25) is 0 Å². The zero-order chi connectivity index (χ0) is 29.4. The predicted molar refractivity (Wildman–Crippen MR) is 160 cm³/mol.